The van der Waals surface area contributed by atoms with E-state index in [1.165, 1.54) is 24.3 Å². The van der Waals surface area contributed by atoms with Crippen LogP contribution in [0, 0.1) is 0 Å². The molecular formula is C11H10F3NO4. The van der Waals surface area contributed by atoms with E-state index >= 15 is 0 Å². The largest absolute Gasteiger partial charge is 0.465 e. The Morgan fingerprint density at radius 3 is 2.47 bits per heavy atom. The lowest BCUT2D eigenvalue weighted by atomic mass is 10.2. The monoisotopic (exact) mass is 277 g/mol. The number of carbonyl (C=O) groups excluding carboxylic acids is 2. The Bertz CT molecular complexity index is 473. The van der Waals surface area contributed by atoms with Crippen LogP contribution in [0.2, 0.25) is 0 Å². The molecule has 0 bridgehead atoms. The number of carbonyl (C=O) groups is 2. The van der Waals surface area contributed by atoms with Gasteiger partial charge >= 0.3 is 18.2 Å². The maximum absolute atomic E-state index is 11.8. The number of nitrogens with one attached hydrogen (secondary N) is 1. The smallest absolute Gasteiger partial charge is 0.422 e. The molecule has 0 heterocycles. The number of rotatable bonds is 3. The number of para-hydroxylation sites is 1. The molecular weight excluding hydrogens is 267 g/mol. The molecule has 0 saturated heterocycles. The van der Waals surface area contributed by atoms with Gasteiger partial charge in [0, 0.05) is 0 Å². The summed E-state index contributed by atoms with van der Waals surface area (Å²) >= 11 is 0. The van der Waals surface area contributed by atoms with Crippen LogP contribution in [0.5, 0.6) is 0 Å². The second kappa shape index (κ2) is 6.07. The number of anilines is 1. The summed E-state index contributed by atoms with van der Waals surface area (Å²) in [5.41, 5.74) is 0.00971. The fraction of sp³-hybridized carbons (Fsp3) is 0.273. The van der Waals surface area contributed by atoms with Gasteiger partial charge in [0.15, 0.2) is 6.61 Å². The van der Waals surface area contributed by atoms with Crippen LogP contribution < -0.4 is 5.32 Å². The molecule has 104 valence electrons. The molecule has 1 aromatic carbocycles. The number of alkyl halides is 3. The van der Waals surface area contributed by atoms with Crippen molar-refractivity contribution in [2.24, 2.45) is 0 Å². The Labute approximate surface area is 106 Å². The van der Waals surface area contributed by atoms with E-state index in [2.05, 4.69) is 9.47 Å². The van der Waals surface area contributed by atoms with Crippen LogP contribution in [0.4, 0.5) is 23.7 Å². The fourth-order valence-electron chi connectivity index (χ4n) is 1.17. The Hall–Kier alpha value is -2.25. The normalized spacial score (nSPS) is 10.7. The highest BCUT2D eigenvalue weighted by Gasteiger charge is 2.29. The zero-order valence-corrected chi connectivity index (χ0v) is 9.78. The average Bonchev–Trinajstić information content (AvgIpc) is 2.35. The number of hydrogen-bond donors (Lipinski definition) is 1. The third-order valence-electron chi connectivity index (χ3n) is 1.94. The minimum absolute atomic E-state index is 0.00141. The molecule has 1 rings (SSSR count). The van der Waals surface area contributed by atoms with Crippen molar-refractivity contribution in [2.45, 2.75) is 6.18 Å². The van der Waals surface area contributed by atoms with E-state index in [-0.39, 0.29) is 11.3 Å². The molecule has 1 N–H and O–H groups in total. The van der Waals surface area contributed by atoms with Gasteiger partial charge in [-0.15, -0.1) is 0 Å². The van der Waals surface area contributed by atoms with Crippen molar-refractivity contribution >= 4 is 17.7 Å². The molecule has 5 nitrogen and oxygen atoms in total. The van der Waals surface area contributed by atoms with Crippen LogP contribution in [0.15, 0.2) is 24.3 Å². The molecule has 8 heteroatoms. The summed E-state index contributed by atoms with van der Waals surface area (Å²) < 4.78 is 43.9. The molecule has 1 aromatic rings. The van der Waals surface area contributed by atoms with Crippen molar-refractivity contribution in [3.05, 3.63) is 29.8 Å². The SMILES string of the molecule is COC(=O)c1ccccc1NC(=O)OCC(F)(F)F. The average molecular weight is 277 g/mol. The van der Waals surface area contributed by atoms with Crippen molar-refractivity contribution in [2.75, 3.05) is 19.0 Å². The van der Waals surface area contributed by atoms with E-state index in [9.17, 15) is 22.8 Å². The number of methoxy groups -OCH3 is 1. The first kappa shape index (κ1) is 14.8. The molecule has 0 saturated carbocycles. The van der Waals surface area contributed by atoms with Crippen LogP contribution in [0.3, 0.4) is 0 Å². The van der Waals surface area contributed by atoms with Crippen molar-refractivity contribution < 1.29 is 32.2 Å². The van der Waals surface area contributed by atoms with Crippen LogP contribution >= 0.6 is 0 Å². The van der Waals surface area contributed by atoms with E-state index in [1.54, 1.807) is 0 Å². The molecule has 0 unspecified atom stereocenters. The topological polar surface area (TPSA) is 64.6 Å². The molecule has 1 amide bonds. The summed E-state index contributed by atoms with van der Waals surface area (Å²) in [4.78, 5) is 22.5. The van der Waals surface area contributed by atoms with E-state index < -0.39 is 24.8 Å². The Kier molecular flexibility index (Phi) is 4.74. The van der Waals surface area contributed by atoms with Crippen molar-refractivity contribution in [1.82, 2.24) is 0 Å². The number of benzene rings is 1. The van der Waals surface area contributed by atoms with Crippen LogP contribution in [-0.4, -0.2) is 32.0 Å². The highest BCUT2D eigenvalue weighted by molar-refractivity contribution is 5.99. The summed E-state index contributed by atoms with van der Waals surface area (Å²) in [6, 6.07) is 5.69. The minimum Gasteiger partial charge on any atom is -0.465 e. The van der Waals surface area contributed by atoms with Crippen LogP contribution in [0.1, 0.15) is 10.4 Å². The number of halogens is 3. The summed E-state index contributed by atoms with van der Waals surface area (Å²) in [6.45, 7) is -1.71. The Balaban J connectivity index is 2.72. The molecule has 0 atom stereocenters. The van der Waals surface area contributed by atoms with E-state index in [4.69, 9.17) is 0 Å². The summed E-state index contributed by atoms with van der Waals surface area (Å²) in [5, 5.41) is 2.04. The quantitative estimate of drug-likeness (QED) is 0.862. The first-order chi connectivity index (χ1) is 8.83. The van der Waals surface area contributed by atoms with Gasteiger partial charge in [-0.25, -0.2) is 9.59 Å². The Morgan fingerprint density at radius 2 is 1.89 bits per heavy atom. The lowest BCUT2D eigenvalue weighted by molar-refractivity contribution is -0.159. The van der Waals surface area contributed by atoms with Crippen LogP contribution in [0.25, 0.3) is 0 Å². The molecule has 0 spiro atoms. The number of amides is 1. The molecule has 0 aromatic heterocycles. The van der Waals surface area contributed by atoms with Gasteiger partial charge in [0.05, 0.1) is 18.4 Å². The van der Waals surface area contributed by atoms with Gasteiger partial charge in [-0.2, -0.15) is 13.2 Å². The van der Waals surface area contributed by atoms with Crippen LogP contribution in [-0.2, 0) is 9.47 Å². The third kappa shape index (κ3) is 4.86. The van der Waals surface area contributed by atoms with Crippen molar-refractivity contribution in [1.29, 1.82) is 0 Å². The fourth-order valence-corrected chi connectivity index (χ4v) is 1.17. The van der Waals surface area contributed by atoms with Gasteiger partial charge in [-0.3, -0.25) is 5.32 Å². The van der Waals surface area contributed by atoms with Gasteiger partial charge in [0.1, 0.15) is 0 Å². The highest BCUT2D eigenvalue weighted by Crippen LogP contribution is 2.18. The third-order valence-corrected chi connectivity index (χ3v) is 1.94. The number of hydrogen-bond acceptors (Lipinski definition) is 4. The first-order valence-electron chi connectivity index (χ1n) is 5.01. The molecule has 19 heavy (non-hydrogen) atoms. The second-order valence-corrected chi connectivity index (χ2v) is 3.35. The molecule has 0 aliphatic heterocycles. The van der Waals surface area contributed by atoms with Crippen molar-refractivity contribution in [3.8, 4) is 0 Å². The van der Waals surface area contributed by atoms with Gasteiger partial charge in [0.25, 0.3) is 0 Å². The van der Waals surface area contributed by atoms with Crippen molar-refractivity contribution in [3.63, 3.8) is 0 Å². The number of ether oxygens (including phenoxy) is 2. The predicted molar refractivity (Wildman–Crippen MR) is 58.8 cm³/mol. The maximum Gasteiger partial charge on any atom is 0.422 e. The first-order valence-corrected chi connectivity index (χ1v) is 5.01. The molecule has 0 fully saturated rings. The molecule has 0 aliphatic rings. The summed E-state index contributed by atoms with van der Waals surface area (Å²) in [6.07, 6.45) is -5.92. The number of esters is 1. The van der Waals surface area contributed by atoms with E-state index in [1.807, 2.05) is 5.32 Å². The highest BCUT2D eigenvalue weighted by atomic mass is 19.4. The van der Waals surface area contributed by atoms with Gasteiger partial charge in [-0.05, 0) is 12.1 Å². The van der Waals surface area contributed by atoms with E-state index in [0.717, 1.165) is 7.11 Å². The second-order valence-electron chi connectivity index (χ2n) is 3.35. The molecule has 0 radical (unpaired) electrons. The molecule has 0 aliphatic carbocycles. The minimum atomic E-state index is -4.61. The zero-order chi connectivity index (χ0) is 14.5. The van der Waals surface area contributed by atoms with E-state index in [0.29, 0.717) is 0 Å². The summed E-state index contributed by atoms with van der Waals surface area (Å²) in [7, 11) is 1.14. The standard InChI is InChI=1S/C11H10F3NO4/c1-18-9(16)7-4-2-3-5-8(7)15-10(17)19-6-11(12,13)14/h2-5H,6H2,1H3,(H,15,17). The maximum atomic E-state index is 11.8. The van der Waals surface area contributed by atoms with Gasteiger partial charge < -0.3 is 9.47 Å². The zero-order valence-electron chi connectivity index (χ0n) is 9.78. The lowest BCUT2D eigenvalue weighted by Crippen LogP contribution is -2.24. The summed E-state index contributed by atoms with van der Waals surface area (Å²) in [5.74, 6) is -0.730. The van der Waals surface area contributed by atoms with Gasteiger partial charge in [-0.1, -0.05) is 12.1 Å². The predicted octanol–water partition coefficient (Wildman–Crippen LogP) is 2.58. The lowest BCUT2D eigenvalue weighted by Gasteiger charge is -2.11. The van der Waals surface area contributed by atoms with Gasteiger partial charge in [0.2, 0.25) is 0 Å². The Morgan fingerprint density at radius 1 is 1.26 bits per heavy atom.